The van der Waals surface area contributed by atoms with Crippen LogP contribution in [0.15, 0.2) is 176 Å². The normalized spacial score (nSPS) is 13.8. The third-order valence-electron chi connectivity index (χ3n) is 15.7. The van der Waals surface area contributed by atoms with Crippen LogP contribution in [0, 0.1) is 0 Å². The Morgan fingerprint density at radius 1 is 0.296 bits per heavy atom. The number of nitrogens with zero attached hydrogens (tertiary/aromatic N) is 2. The standard InChI is InChI=1S/C68H65BN2/c1-65(2,3)48-34-49(66(4,5)6)37-52(36-48)70-60-30-45-28-26-43-22-16-18-24-54(43)56(45)40-58(60)69-59-41-57-46(29-27-44-23-17-19-25-55(44)57)31-61(59)71(53-38-50(67(7,8)9)35-51(39-53)68(10,11)12)63-33-47(32-62(70)64(63)69)42-20-14-13-15-21-42/h13-41H,1-12H3. The van der Waals surface area contributed by atoms with E-state index in [0.29, 0.717) is 0 Å². The lowest BCUT2D eigenvalue weighted by Crippen LogP contribution is -2.61. The molecule has 0 aliphatic carbocycles. The molecule has 2 nitrogen and oxygen atoms in total. The molecule has 2 aliphatic rings. The number of fused-ring (bicyclic) bond motifs is 10. The minimum Gasteiger partial charge on any atom is -0.311 e. The predicted octanol–water partition coefficient (Wildman–Crippen LogP) is 17.2. The third-order valence-corrected chi connectivity index (χ3v) is 15.7. The van der Waals surface area contributed by atoms with E-state index in [1.165, 1.54) is 127 Å². The van der Waals surface area contributed by atoms with Crippen molar-refractivity contribution in [1.82, 2.24) is 0 Å². The SMILES string of the molecule is CC(C)(C)c1cc(N2c3cc4ccc5ccccc5c4cc3B3c4cc5c(ccc6ccccc65)cc4N(c4cc(C(C)(C)C)cc(C(C)(C)C)c4)c4cc(-c5ccccc5)cc2c43)cc(C(C)(C)C)c1. The average Bonchev–Trinajstić information content (AvgIpc) is 3.34. The maximum atomic E-state index is 2.65. The van der Waals surface area contributed by atoms with Crippen molar-refractivity contribution in [3.05, 3.63) is 198 Å². The van der Waals surface area contributed by atoms with E-state index in [-0.39, 0.29) is 28.4 Å². The van der Waals surface area contributed by atoms with Gasteiger partial charge in [0, 0.05) is 34.1 Å². The summed E-state index contributed by atoms with van der Waals surface area (Å²) in [4.78, 5) is 5.31. The Morgan fingerprint density at radius 2 is 0.662 bits per heavy atom. The van der Waals surface area contributed by atoms with E-state index in [2.05, 4.69) is 269 Å². The van der Waals surface area contributed by atoms with Gasteiger partial charge in [-0.2, -0.15) is 0 Å². The third kappa shape index (κ3) is 7.46. The summed E-state index contributed by atoms with van der Waals surface area (Å²) in [6.07, 6.45) is 0. The quantitative estimate of drug-likeness (QED) is 0.129. The molecule has 71 heavy (non-hydrogen) atoms. The van der Waals surface area contributed by atoms with Crippen LogP contribution < -0.4 is 26.2 Å². The summed E-state index contributed by atoms with van der Waals surface area (Å²) in [5, 5.41) is 10.1. The van der Waals surface area contributed by atoms with Crippen molar-refractivity contribution in [2.24, 2.45) is 0 Å². The fourth-order valence-corrected chi connectivity index (χ4v) is 11.6. The zero-order valence-corrected chi connectivity index (χ0v) is 43.7. The van der Waals surface area contributed by atoms with Crippen LogP contribution >= 0.6 is 0 Å². The molecule has 0 saturated carbocycles. The van der Waals surface area contributed by atoms with Crippen molar-refractivity contribution in [2.75, 3.05) is 9.80 Å². The van der Waals surface area contributed by atoms with Crippen LogP contribution in [0.25, 0.3) is 54.2 Å². The largest absolute Gasteiger partial charge is 0.311 e. The highest BCUT2D eigenvalue weighted by Gasteiger charge is 2.45. The minimum absolute atomic E-state index is 0.0742. The zero-order valence-electron chi connectivity index (χ0n) is 43.7. The van der Waals surface area contributed by atoms with Crippen LogP contribution in [0.3, 0.4) is 0 Å². The monoisotopic (exact) mass is 921 g/mol. The molecule has 2 aliphatic heterocycles. The summed E-state index contributed by atoms with van der Waals surface area (Å²) in [6.45, 7) is 28.2. The fourth-order valence-electron chi connectivity index (χ4n) is 11.6. The highest BCUT2D eigenvalue weighted by Crippen LogP contribution is 2.50. The van der Waals surface area contributed by atoms with E-state index in [4.69, 9.17) is 0 Å². The lowest BCUT2D eigenvalue weighted by molar-refractivity contribution is 0.568. The molecule has 0 spiro atoms. The molecule has 350 valence electrons. The molecule has 12 rings (SSSR count). The van der Waals surface area contributed by atoms with Gasteiger partial charge in [0.15, 0.2) is 0 Å². The molecule has 0 unspecified atom stereocenters. The molecule has 0 amide bonds. The van der Waals surface area contributed by atoms with Crippen molar-refractivity contribution in [3.8, 4) is 11.1 Å². The van der Waals surface area contributed by atoms with Crippen LogP contribution in [0.5, 0.6) is 0 Å². The molecule has 2 heterocycles. The summed E-state index contributed by atoms with van der Waals surface area (Å²) in [5.41, 5.74) is 18.7. The first-order valence-electron chi connectivity index (χ1n) is 25.8. The van der Waals surface area contributed by atoms with Crippen molar-refractivity contribution in [2.45, 2.75) is 105 Å². The van der Waals surface area contributed by atoms with Crippen LogP contribution in [0.2, 0.25) is 0 Å². The van der Waals surface area contributed by atoms with Gasteiger partial charge in [-0.3, -0.25) is 0 Å². The van der Waals surface area contributed by atoms with Crippen LogP contribution in [-0.4, -0.2) is 6.71 Å². The molecule has 0 saturated heterocycles. The smallest absolute Gasteiger partial charge is 0.252 e. The first kappa shape index (κ1) is 45.1. The van der Waals surface area contributed by atoms with Gasteiger partial charge in [-0.25, -0.2) is 0 Å². The molecular weight excluding hydrogens is 856 g/mol. The van der Waals surface area contributed by atoms with Gasteiger partial charge in [0.1, 0.15) is 0 Å². The second-order valence-corrected chi connectivity index (χ2v) is 24.8. The number of hydrogen-bond donors (Lipinski definition) is 0. The molecule has 10 aromatic carbocycles. The van der Waals surface area contributed by atoms with E-state index in [9.17, 15) is 0 Å². The lowest BCUT2D eigenvalue weighted by atomic mass is 9.33. The van der Waals surface area contributed by atoms with E-state index in [1.54, 1.807) is 0 Å². The van der Waals surface area contributed by atoms with Gasteiger partial charge >= 0.3 is 0 Å². The first-order chi connectivity index (χ1) is 33.7. The average molecular weight is 921 g/mol. The second kappa shape index (κ2) is 15.7. The number of rotatable bonds is 3. The van der Waals surface area contributed by atoms with Gasteiger partial charge in [-0.15, -0.1) is 0 Å². The van der Waals surface area contributed by atoms with Crippen molar-refractivity contribution in [1.29, 1.82) is 0 Å². The summed E-state index contributed by atoms with van der Waals surface area (Å²) in [7, 11) is 0. The molecule has 0 bridgehead atoms. The Hall–Kier alpha value is -7.10. The molecule has 0 radical (unpaired) electrons. The summed E-state index contributed by atoms with van der Waals surface area (Å²) in [5.74, 6) is 0. The summed E-state index contributed by atoms with van der Waals surface area (Å²) >= 11 is 0. The molecule has 0 N–H and O–H groups in total. The van der Waals surface area contributed by atoms with Gasteiger partial charge in [0.05, 0.1) is 0 Å². The van der Waals surface area contributed by atoms with Crippen LogP contribution in [0.1, 0.15) is 105 Å². The number of benzene rings is 10. The number of hydrogen-bond acceptors (Lipinski definition) is 2. The van der Waals surface area contributed by atoms with Crippen molar-refractivity contribution < 1.29 is 0 Å². The maximum Gasteiger partial charge on any atom is 0.252 e. The maximum absolute atomic E-state index is 2.65. The second-order valence-electron chi connectivity index (χ2n) is 24.8. The first-order valence-corrected chi connectivity index (χ1v) is 25.8. The molecule has 3 heteroatoms. The summed E-state index contributed by atoms with van der Waals surface area (Å²) in [6, 6.07) is 68.3. The fraction of sp³-hybridized carbons (Fsp3) is 0.235. The van der Waals surface area contributed by atoms with Crippen molar-refractivity contribution >= 4 is 100 Å². The predicted molar refractivity (Wildman–Crippen MR) is 311 cm³/mol. The summed E-state index contributed by atoms with van der Waals surface area (Å²) < 4.78 is 0. The van der Waals surface area contributed by atoms with Crippen LogP contribution in [0.4, 0.5) is 34.1 Å². The Kier molecular flexibility index (Phi) is 9.97. The van der Waals surface area contributed by atoms with Gasteiger partial charge in [-0.1, -0.05) is 210 Å². The molecule has 0 aromatic heterocycles. The zero-order chi connectivity index (χ0) is 49.5. The number of anilines is 6. The highest BCUT2D eigenvalue weighted by atomic mass is 15.2. The lowest BCUT2D eigenvalue weighted by Gasteiger charge is -2.45. The van der Waals surface area contributed by atoms with Crippen LogP contribution in [-0.2, 0) is 21.7 Å². The molecular formula is C68H65BN2. The Labute approximate surface area is 422 Å². The Morgan fingerprint density at radius 3 is 1.06 bits per heavy atom. The van der Waals surface area contributed by atoms with E-state index >= 15 is 0 Å². The van der Waals surface area contributed by atoms with E-state index in [0.717, 1.165) is 0 Å². The van der Waals surface area contributed by atoms with Gasteiger partial charge in [0.25, 0.3) is 6.71 Å². The molecule has 0 atom stereocenters. The Balaban J connectivity index is 1.29. The van der Waals surface area contributed by atoms with Gasteiger partial charge in [0.2, 0.25) is 0 Å². The minimum atomic E-state index is -0.0762. The van der Waals surface area contributed by atoms with Crippen molar-refractivity contribution in [3.63, 3.8) is 0 Å². The Bertz CT molecular complexity index is 3520. The van der Waals surface area contributed by atoms with Gasteiger partial charge < -0.3 is 9.80 Å². The highest BCUT2D eigenvalue weighted by molar-refractivity contribution is 7.00. The molecule has 10 aromatic rings. The van der Waals surface area contributed by atoms with E-state index < -0.39 is 0 Å². The van der Waals surface area contributed by atoms with Gasteiger partial charge in [-0.05, 0) is 163 Å². The topological polar surface area (TPSA) is 6.48 Å². The molecule has 0 fully saturated rings. The van der Waals surface area contributed by atoms with E-state index in [1.807, 2.05) is 0 Å².